The molecule has 0 aliphatic carbocycles. The van der Waals surface area contributed by atoms with Gasteiger partial charge in [0.15, 0.2) is 6.29 Å². The van der Waals surface area contributed by atoms with E-state index in [4.69, 9.17) is 0 Å². The Morgan fingerprint density at radius 2 is 2.00 bits per heavy atom. The summed E-state index contributed by atoms with van der Waals surface area (Å²) >= 11 is 0. The highest BCUT2D eigenvalue weighted by molar-refractivity contribution is 5.74. The van der Waals surface area contributed by atoms with Crippen LogP contribution in [0.3, 0.4) is 0 Å². The number of benzene rings is 1. The van der Waals surface area contributed by atoms with Gasteiger partial charge in [0.05, 0.1) is 5.69 Å². The number of halogens is 1. The maximum absolute atomic E-state index is 13.9. The molecule has 5 heteroatoms. The van der Waals surface area contributed by atoms with Crippen molar-refractivity contribution in [3.63, 3.8) is 0 Å². The Balaban J connectivity index is 2.61. The van der Waals surface area contributed by atoms with Crippen molar-refractivity contribution in [2.24, 2.45) is 0 Å². The first-order chi connectivity index (χ1) is 9.22. The van der Waals surface area contributed by atoms with Gasteiger partial charge in [-0.3, -0.25) is 4.79 Å². The Bertz CT molecular complexity index is 576. The molecular weight excluding hydrogens is 245 g/mol. The third kappa shape index (κ3) is 2.41. The lowest BCUT2D eigenvalue weighted by atomic mass is 9.97. The van der Waals surface area contributed by atoms with Crippen molar-refractivity contribution in [2.45, 2.75) is 32.6 Å². The van der Waals surface area contributed by atoms with Crippen LogP contribution in [0.5, 0.6) is 0 Å². The molecule has 1 aromatic carbocycles. The van der Waals surface area contributed by atoms with Gasteiger partial charge in [-0.15, -0.1) is 5.10 Å². The molecule has 2 aromatic rings. The highest BCUT2D eigenvalue weighted by Gasteiger charge is 2.21. The number of aldehydes is 1. The van der Waals surface area contributed by atoms with Gasteiger partial charge in [0.2, 0.25) is 0 Å². The van der Waals surface area contributed by atoms with Crippen molar-refractivity contribution in [3.05, 3.63) is 41.5 Å². The van der Waals surface area contributed by atoms with Gasteiger partial charge in [0.1, 0.15) is 17.2 Å². The minimum absolute atomic E-state index is 0.134. The molecule has 19 heavy (non-hydrogen) atoms. The van der Waals surface area contributed by atoms with Crippen molar-refractivity contribution >= 4 is 6.29 Å². The summed E-state index contributed by atoms with van der Waals surface area (Å²) in [4.78, 5) is 11.1. The van der Waals surface area contributed by atoms with Crippen LogP contribution in [0.15, 0.2) is 24.3 Å². The fourth-order valence-corrected chi connectivity index (χ4v) is 2.24. The van der Waals surface area contributed by atoms with E-state index in [1.165, 1.54) is 10.7 Å². The third-order valence-corrected chi connectivity index (χ3v) is 3.30. The monoisotopic (exact) mass is 261 g/mol. The van der Waals surface area contributed by atoms with E-state index in [9.17, 15) is 9.18 Å². The summed E-state index contributed by atoms with van der Waals surface area (Å²) in [5.41, 5.74) is 1.30. The highest BCUT2D eigenvalue weighted by Crippen LogP contribution is 2.27. The van der Waals surface area contributed by atoms with Crippen LogP contribution in [-0.4, -0.2) is 21.3 Å². The first kappa shape index (κ1) is 13.4. The quantitative estimate of drug-likeness (QED) is 0.777. The van der Waals surface area contributed by atoms with Gasteiger partial charge in [0, 0.05) is 5.92 Å². The number of aromatic nitrogens is 3. The predicted molar refractivity (Wildman–Crippen MR) is 70.0 cm³/mol. The molecule has 0 N–H and O–H groups in total. The SMILES string of the molecule is CCC(CC)c1c(C=O)nnn1-c1ccccc1F. The van der Waals surface area contributed by atoms with Crippen LogP contribution in [-0.2, 0) is 0 Å². The molecule has 4 nitrogen and oxygen atoms in total. The van der Waals surface area contributed by atoms with Gasteiger partial charge in [-0.25, -0.2) is 9.07 Å². The molecule has 0 spiro atoms. The first-order valence-corrected chi connectivity index (χ1v) is 6.38. The largest absolute Gasteiger partial charge is 0.296 e. The zero-order valence-electron chi connectivity index (χ0n) is 11.0. The van der Waals surface area contributed by atoms with Crippen LogP contribution in [0.4, 0.5) is 4.39 Å². The second-order valence-electron chi connectivity index (χ2n) is 4.35. The van der Waals surface area contributed by atoms with Gasteiger partial charge in [-0.1, -0.05) is 31.2 Å². The molecule has 1 aromatic heterocycles. The van der Waals surface area contributed by atoms with Crippen LogP contribution >= 0.6 is 0 Å². The molecular formula is C14H16FN3O. The van der Waals surface area contributed by atoms with E-state index in [0.717, 1.165) is 12.8 Å². The average Bonchev–Trinajstić information content (AvgIpc) is 2.85. The Kier molecular flexibility index (Phi) is 4.04. The second-order valence-corrected chi connectivity index (χ2v) is 4.35. The van der Waals surface area contributed by atoms with Crippen LogP contribution in [0, 0.1) is 5.82 Å². The number of nitrogens with zero attached hydrogens (tertiary/aromatic N) is 3. The number of hydrogen-bond acceptors (Lipinski definition) is 3. The summed E-state index contributed by atoms with van der Waals surface area (Å²) in [5, 5.41) is 7.78. The van der Waals surface area contributed by atoms with E-state index in [-0.39, 0.29) is 17.4 Å². The molecule has 0 saturated heterocycles. The van der Waals surface area contributed by atoms with Crippen LogP contribution < -0.4 is 0 Å². The van der Waals surface area contributed by atoms with Gasteiger partial charge >= 0.3 is 0 Å². The maximum Gasteiger partial charge on any atom is 0.172 e. The fraction of sp³-hybridized carbons (Fsp3) is 0.357. The summed E-state index contributed by atoms with van der Waals surface area (Å²) in [7, 11) is 0. The topological polar surface area (TPSA) is 47.8 Å². The molecule has 0 bridgehead atoms. The van der Waals surface area contributed by atoms with Crippen molar-refractivity contribution in [1.82, 2.24) is 15.0 Å². The van der Waals surface area contributed by atoms with E-state index in [0.29, 0.717) is 17.7 Å². The molecule has 0 unspecified atom stereocenters. The Morgan fingerprint density at radius 1 is 1.32 bits per heavy atom. The molecule has 0 radical (unpaired) electrons. The molecule has 1 heterocycles. The lowest BCUT2D eigenvalue weighted by molar-refractivity contribution is 0.111. The predicted octanol–water partition coefficient (Wildman–Crippen LogP) is 3.12. The fourth-order valence-electron chi connectivity index (χ4n) is 2.24. The molecule has 2 rings (SSSR count). The Hall–Kier alpha value is -2.04. The molecule has 0 fully saturated rings. The van der Waals surface area contributed by atoms with Gasteiger partial charge in [-0.05, 0) is 25.0 Å². The molecule has 100 valence electrons. The number of rotatable bonds is 5. The summed E-state index contributed by atoms with van der Waals surface area (Å²) < 4.78 is 15.3. The van der Waals surface area contributed by atoms with Gasteiger partial charge in [-0.2, -0.15) is 0 Å². The van der Waals surface area contributed by atoms with Gasteiger partial charge in [0.25, 0.3) is 0 Å². The van der Waals surface area contributed by atoms with Crippen LogP contribution in [0.2, 0.25) is 0 Å². The van der Waals surface area contributed by atoms with E-state index in [2.05, 4.69) is 10.3 Å². The number of carbonyl (C=O) groups is 1. The minimum atomic E-state index is -0.378. The smallest absolute Gasteiger partial charge is 0.172 e. The molecule has 0 amide bonds. The molecule has 0 atom stereocenters. The van der Waals surface area contributed by atoms with Crippen molar-refractivity contribution in [2.75, 3.05) is 0 Å². The highest BCUT2D eigenvalue weighted by atomic mass is 19.1. The van der Waals surface area contributed by atoms with Crippen LogP contribution in [0.25, 0.3) is 5.69 Å². The standard InChI is InChI=1S/C14H16FN3O/c1-3-10(4-2)14-12(9-19)16-17-18(14)13-8-6-5-7-11(13)15/h5-10H,3-4H2,1-2H3. The number of hydrogen-bond donors (Lipinski definition) is 0. The molecule has 0 aliphatic heterocycles. The van der Waals surface area contributed by atoms with Crippen molar-refractivity contribution < 1.29 is 9.18 Å². The number of carbonyl (C=O) groups excluding carboxylic acids is 1. The lowest BCUT2D eigenvalue weighted by Crippen LogP contribution is -2.10. The Labute approximate surface area is 111 Å². The van der Waals surface area contributed by atoms with Crippen molar-refractivity contribution in [1.29, 1.82) is 0 Å². The second kappa shape index (κ2) is 5.73. The molecule has 0 aliphatic rings. The van der Waals surface area contributed by atoms with Crippen molar-refractivity contribution in [3.8, 4) is 5.69 Å². The zero-order valence-corrected chi connectivity index (χ0v) is 11.0. The minimum Gasteiger partial charge on any atom is -0.296 e. The molecule has 0 saturated carbocycles. The lowest BCUT2D eigenvalue weighted by Gasteiger charge is -2.15. The van der Waals surface area contributed by atoms with E-state index in [1.54, 1.807) is 18.2 Å². The third-order valence-electron chi connectivity index (χ3n) is 3.30. The zero-order chi connectivity index (χ0) is 13.8. The van der Waals surface area contributed by atoms with Gasteiger partial charge < -0.3 is 0 Å². The number of para-hydroxylation sites is 1. The maximum atomic E-state index is 13.9. The van der Waals surface area contributed by atoms with Crippen LogP contribution in [0.1, 0.15) is 48.8 Å². The first-order valence-electron chi connectivity index (χ1n) is 6.38. The summed E-state index contributed by atoms with van der Waals surface area (Å²) in [6, 6.07) is 6.35. The normalized spacial score (nSPS) is 10.9. The van der Waals surface area contributed by atoms with E-state index in [1.807, 2.05) is 13.8 Å². The average molecular weight is 261 g/mol. The van der Waals surface area contributed by atoms with E-state index >= 15 is 0 Å². The Morgan fingerprint density at radius 3 is 2.58 bits per heavy atom. The summed E-state index contributed by atoms with van der Waals surface area (Å²) in [6.45, 7) is 4.06. The summed E-state index contributed by atoms with van der Waals surface area (Å²) in [6.07, 6.45) is 2.37. The summed E-state index contributed by atoms with van der Waals surface area (Å²) in [5.74, 6) is -0.244. The van der Waals surface area contributed by atoms with E-state index < -0.39 is 0 Å².